The summed E-state index contributed by atoms with van der Waals surface area (Å²) in [7, 11) is 1.61. The third-order valence-corrected chi connectivity index (χ3v) is 6.03. The lowest BCUT2D eigenvalue weighted by Gasteiger charge is -2.30. The molecule has 0 unspecified atom stereocenters. The van der Waals surface area contributed by atoms with E-state index < -0.39 is 12.1 Å². The Morgan fingerprint density at radius 1 is 1.21 bits per heavy atom. The number of thiazole rings is 1. The maximum Gasteiger partial charge on any atom is 0.358 e. The molecule has 0 bridgehead atoms. The monoisotopic (exact) mass is 402 g/mol. The number of carbonyl (C=O) groups excluding carboxylic acids is 2. The average molecular weight is 403 g/mol. The minimum atomic E-state index is -0.854. The molecule has 1 saturated carbocycles. The number of amides is 1. The van der Waals surface area contributed by atoms with Crippen LogP contribution in [0.25, 0.3) is 10.6 Å². The molecule has 6 nitrogen and oxygen atoms in total. The van der Waals surface area contributed by atoms with Gasteiger partial charge in [-0.05, 0) is 49.9 Å². The van der Waals surface area contributed by atoms with Crippen molar-refractivity contribution in [1.29, 1.82) is 0 Å². The summed E-state index contributed by atoms with van der Waals surface area (Å²) >= 11 is 1.36. The Balaban J connectivity index is 1.58. The maximum absolute atomic E-state index is 12.4. The molecule has 1 aliphatic rings. The van der Waals surface area contributed by atoms with Crippen molar-refractivity contribution in [2.45, 2.75) is 51.7 Å². The van der Waals surface area contributed by atoms with Crippen molar-refractivity contribution in [3.8, 4) is 16.3 Å². The zero-order valence-electron chi connectivity index (χ0n) is 16.4. The van der Waals surface area contributed by atoms with Gasteiger partial charge < -0.3 is 14.8 Å². The summed E-state index contributed by atoms with van der Waals surface area (Å²) < 4.78 is 10.5. The number of ether oxygens (including phenoxy) is 2. The normalized spacial score (nSPS) is 20.2. The van der Waals surface area contributed by atoms with Crippen LogP contribution in [-0.2, 0) is 9.53 Å². The van der Waals surface area contributed by atoms with E-state index >= 15 is 0 Å². The summed E-state index contributed by atoms with van der Waals surface area (Å²) in [5.74, 6) is 0.367. The molecular weight excluding hydrogens is 376 g/mol. The summed E-state index contributed by atoms with van der Waals surface area (Å²) in [6.07, 6.45) is 3.57. The van der Waals surface area contributed by atoms with Gasteiger partial charge in [0.2, 0.25) is 0 Å². The standard InChI is InChI=1S/C21H26N2O4S/c1-13-6-4-5-7-17(13)22-19(24)14(2)27-21(25)18-12-28-20(23-18)15-8-10-16(26-3)11-9-15/h8-14,17H,4-7H2,1-3H3,(H,22,24)/t13-,14-,17+/m1/s1. The number of esters is 1. The smallest absolute Gasteiger partial charge is 0.358 e. The second-order valence-electron chi connectivity index (χ2n) is 7.19. The first-order valence-corrected chi connectivity index (χ1v) is 10.5. The minimum Gasteiger partial charge on any atom is -0.497 e. The number of rotatable bonds is 6. The molecule has 3 rings (SSSR count). The highest BCUT2D eigenvalue weighted by Gasteiger charge is 2.27. The van der Waals surface area contributed by atoms with Crippen LogP contribution in [0.2, 0.25) is 0 Å². The van der Waals surface area contributed by atoms with Crippen molar-refractivity contribution in [2.75, 3.05) is 7.11 Å². The van der Waals surface area contributed by atoms with Crippen LogP contribution in [0.4, 0.5) is 0 Å². The van der Waals surface area contributed by atoms with Crippen molar-refractivity contribution in [3.05, 3.63) is 35.3 Å². The molecule has 7 heteroatoms. The number of nitrogens with zero attached hydrogens (tertiary/aromatic N) is 1. The van der Waals surface area contributed by atoms with Crippen LogP contribution in [0.1, 0.15) is 50.0 Å². The summed E-state index contributed by atoms with van der Waals surface area (Å²) in [5, 5.41) is 5.38. The van der Waals surface area contributed by atoms with Crippen molar-refractivity contribution >= 4 is 23.2 Å². The summed E-state index contributed by atoms with van der Waals surface area (Å²) in [5.41, 5.74) is 1.10. The van der Waals surface area contributed by atoms with Crippen LogP contribution in [0.5, 0.6) is 5.75 Å². The van der Waals surface area contributed by atoms with Crippen LogP contribution in [0.15, 0.2) is 29.6 Å². The lowest BCUT2D eigenvalue weighted by Crippen LogP contribution is -2.46. The van der Waals surface area contributed by atoms with Crippen molar-refractivity contribution in [1.82, 2.24) is 10.3 Å². The summed E-state index contributed by atoms with van der Waals surface area (Å²) in [6.45, 7) is 3.74. The lowest BCUT2D eigenvalue weighted by molar-refractivity contribution is -0.130. The fraction of sp³-hybridized carbons (Fsp3) is 0.476. The van der Waals surface area contributed by atoms with Gasteiger partial charge in [-0.25, -0.2) is 9.78 Å². The molecule has 1 aliphatic carbocycles. The molecule has 2 aromatic rings. The number of methoxy groups -OCH3 is 1. The predicted octanol–water partition coefficient (Wildman–Crippen LogP) is 4.06. The largest absolute Gasteiger partial charge is 0.497 e. The number of benzene rings is 1. The van der Waals surface area contributed by atoms with E-state index in [-0.39, 0.29) is 17.6 Å². The number of hydrogen-bond donors (Lipinski definition) is 1. The van der Waals surface area contributed by atoms with Crippen molar-refractivity contribution in [2.24, 2.45) is 5.92 Å². The third-order valence-electron chi connectivity index (χ3n) is 5.14. The molecule has 150 valence electrons. The molecule has 1 fully saturated rings. The van der Waals surface area contributed by atoms with Gasteiger partial charge in [0.25, 0.3) is 5.91 Å². The van der Waals surface area contributed by atoms with E-state index in [1.807, 2.05) is 24.3 Å². The third kappa shape index (κ3) is 4.90. The van der Waals surface area contributed by atoms with Crippen molar-refractivity contribution < 1.29 is 19.1 Å². The number of carbonyl (C=O) groups is 2. The number of nitrogens with one attached hydrogen (secondary N) is 1. The molecule has 0 saturated heterocycles. The van der Waals surface area contributed by atoms with Gasteiger partial charge in [0, 0.05) is 17.0 Å². The van der Waals surface area contributed by atoms with Gasteiger partial charge in [0.05, 0.1) is 7.11 Å². The number of hydrogen-bond acceptors (Lipinski definition) is 6. The van der Waals surface area contributed by atoms with E-state index in [4.69, 9.17) is 9.47 Å². The second-order valence-corrected chi connectivity index (χ2v) is 8.05. The molecule has 0 aliphatic heterocycles. The Morgan fingerprint density at radius 3 is 2.61 bits per heavy atom. The van der Waals surface area contributed by atoms with E-state index in [0.717, 1.165) is 30.6 Å². The maximum atomic E-state index is 12.4. The van der Waals surface area contributed by atoms with E-state index in [1.165, 1.54) is 17.8 Å². The topological polar surface area (TPSA) is 77.5 Å². The van der Waals surface area contributed by atoms with Crippen LogP contribution in [0, 0.1) is 5.92 Å². The SMILES string of the molecule is COc1ccc(-c2nc(C(=O)O[C@H](C)C(=O)N[C@H]3CCCC[C@H]3C)cs2)cc1. The van der Waals surface area contributed by atoms with Crippen LogP contribution in [0.3, 0.4) is 0 Å². The predicted molar refractivity (Wildman–Crippen MR) is 109 cm³/mol. The minimum absolute atomic E-state index is 0.156. The van der Waals surface area contributed by atoms with E-state index in [1.54, 1.807) is 19.4 Å². The summed E-state index contributed by atoms with van der Waals surface area (Å²) in [4.78, 5) is 29.1. The van der Waals surface area contributed by atoms with E-state index in [9.17, 15) is 9.59 Å². The van der Waals surface area contributed by atoms with Gasteiger partial charge in [0.1, 0.15) is 10.8 Å². The molecule has 1 amide bonds. The highest BCUT2D eigenvalue weighted by molar-refractivity contribution is 7.13. The first-order valence-electron chi connectivity index (χ1n) is 9.59. The quantitative estimate of drug-likeness (QED) is 0.738. The van der Waals surface area contributed by atoms with Crippen LogP contribution < -0.4 is 10.1 Å². The molecule has 3 atom stereocenters. The molecule has 0 radical (unpaired) electrons. The van der Waals surface area contributed by atoms with Gasteiger partial charge in [-0.1, -0.05) is 19.8 Å². The van der Waals surface area contributed by atoms with E-state index in [2.05, 4.69) is 17.2 Å². The molecule has 1 heterocycles. The highest BCUT2D eigenvalue weighted by atomic mass is 32.1. The molecule has 1 aromatic heterocycles. The Hall–Kier alpha value is -2.41. The lowest BCUT2D eigenvalue weighted by atomic mass is 9.86. The zero-order valence-corrected chi connectivity index (χ0v) is 17.3. The molecule has 1 aromatic carbocycles. The second kappa shape index (κ2) is 9.19. The Labute approximate surface area is 169 Å². The van der Waals surface area contributed by atoms with E-state index in [0.29, 0.717) is 10.9 Å². The Kier molecular flexibility index (Phi) is 6.67. The first-order chi connectivity index (χ1) is 13.5. The number of aromatic nitrogens is 1. The summed E-state index contributed by atoms with van der Waals surface area (Å²) in [6, 6.07) is 7.60. The molecular formula is C21H26N2O4S. The average Bonchev–Trinajstić information content (AvgIpc) is 3.20. The van der Waals surface area contributed by atoms with Crippen LogP contribution >= 0.6 is 11.3 Å². The Bertz CT molecular complexity index is 818. The van der Waals surface area contributed by atoms with Gasteiger partial charge in [-0.3, -0.25) is 4.79 Å². The molecule has 0 spiro atoms. The first kappa shape index (κ1) is 20.3. The molecule has 1 N–H and O–H groups in total. The Morgan fingerprint density at radius 2 is 1.93 bits per heavy atom. The van der Waals surface area contributed by atoms with Crippen molar-refractivity contribution in [3.63, 3.8) is 0 Å². The van der Waals surface area contributed by atoms with Gasteiger partial charge in [0.15, 0.2) is 11.8 Å². The fourth-order valence-electron chi connectivity index (χ4n) is 3.34. The highest BCUT2D eigenvalue weighted by Crippen LogP contribution is 2.26. The van der Waals surface area contributed by atoms with Gasteiger partial charge in [-0.2, -0.15) is 0 Å². The van der Waals surface area contributed by atoms with Gasteiger partial charge >= 0.3 is 5.97 Å². The van der Waals surface area contributed by atoms with Gasteiger partial charge in [-0.15, -0.1) is 11.3 Å². The zero-order chi connectivity index (χ0) is 20.1. The van der Waals surface area contributed by atoms with Crippen LogP contribution in [-0.4, -0.2) is 36.1 Å². The molecule has 28 heavy (non-hydrogen) atoms. The fourth-order valence-corrected chi connectivity index (χ4v) is 4.13.